The predicted molar refractivity (Wildman–Crippen MR) is 113 cm³/mol. The first-order valence-electron chi connectivity index (χ1n) is 8.37. The Bertz CT molecular complexity index is 999. The highest BCUT2D eigenvalue weighted by atomic mass is 32.2. The number of aliphatic carboxylic acids is 2. The highest BCUT2D eigenvalue weighted by Crippen LogP contribution is 2.36. The van der Waals surface area contributed by atoms with E-state index in [2.05, 4.69) is 0 Å². The molecule has 9 heteroatoms. The van der Waals surface area contributed by atoms with Crippen LogP contribution in [-0.4, -0.2) is 39.0 Å². The van der Waals surface area contributed by atoms with Gasteiger partial charge in [0.05, 0.1) is 17.0 Å². The number of thioether (sulfide) groups is 1. The summed E-state index contributed by atoms with van der Waals surface area (Å²) in [6.07, 6.45) is 1.60. The quantitative estimate of drug-likeness (QED) is 0.511. The first-order chi connectivity index (χ1) is 13.8. The van der Waals surface area contributed by atoms with Gasteiger partial charge >= 0.3 is 11.9 Å². The molecule has 2 N–H and O–H groups in total. The lowest BCUT2D eigenvalue weighted by Gasteiger charge is -2.14. The average Bonchev–Trinajstić information content (AvgIpc) is 2.95. The van der Waals surface area contributed by atoms with Gasteiger partial charge in [-0.25, -0.2) is 4.79 Å². The van der Waals surface area contributed by atoms with Crippen LogP contribution >= 0.6 is 24.0 Å². The minimum Gasteiger partial charge on any atom is -0.482 e. The van der Waals surface area contributed by atoms with Crippen LogP contribution in [0, 0.1) is 0 Å². The number of anilines is 1. The van der Waals surface area contributed by atoms with Gasteiger partial charge in [-0.2, -0.15) is 0 Å². The number of ether oxygens (including phenoxy) is 1. The highest BCUT2D eigenvalue weighted by Gasteiger charge is 2.33. The normalized spacial score (nSPS) is 15.0. The molecule has 1 amide bonds. The summed E-state index contributed by atoms with van der Waals surface area (Å²) in [5.74, 6) is -1.84. The molecule has 29 heavy (non-hydrogen) atoms. The summed E-state index contributed by atoms with van der Waals surface area (Å²) in [5.41, 5.74) is 1.94. The number of amides is 1. The third-order valence-corrected chi connectivity index (χ3v) is 5.19. The van der Waals surface area contributed by atoms with Crippen LogP contribution < -0.4 is 9.64 Å². The number of carbonyl (C=O) groups excluding carboxylic acids is 1. The molecular formula is C20H15NO6S2. The van der Waals surface area contributed by atoms with E-state index in [0.29, 0.717) is 26.2 Å². The summed E-state index contributed by atoms with van der Waals surface area (Å²) in [6.45, 7) is -0.427. The number of benzene rings is 2. The maximum Gasteiger partial charge on any atom is 0.341 e. The number of rotatable bonds is 7. The second kappa shape index (κ2) is 8.89. The second-order valence-electron chi connectivity index (χ2n) is 6.01. The van der Waals surface area contributed by atoms with Gasteiger partial charge in [-0.1, -0.05) is 48.2 Å². The van der Waals surface area contributed by atoms with Gasteiger partial charge in [-0.05, 0) is 41.5 Å². The SMILES string of the molecule is O=C(O)COc1ccc(/C=C2\SC(=S)N(c3ccc(CC(=O)O)cc3)C2=O)cc1. The van der Waals surface area contributed by atoms with E-state index in [-0.39, 0.29) is 12.3 Å². The summed E-state index contributed by atoms with van der Waals surface area (Å²) in [5, 5.41) is 17.5. The van der Waals surface area contributed by atoms with Crippen molar-refractivity contribution in [2.75, 3.05) is 11.5 Å². The maximum atomic E-state index is 12.8. The van der Waals surface area contributed by atoms with Gasteiger partial charge in [0.25, 0.3) is 5.91 Å². The molecule has 3 rings (SSSR count). The van der Waals surface area contributed by atoms with E-state index in [1.807, 2.05) is 0 Å². The summed E-state index contributed by atoms with van der Waals surface area (Å²) in [6, 6.07) is 13.3. The maximum absolute atomic E-state index is 12.8. The van der Waals surface area contributed by atoms with Crippen LogP contribution in [0.1, 0.15) is 11.1 Å². The van der Waals surface area contributed by atoms with E-state index in [1.165, 1.54) is 16.7 Å². The van der Waals surface area contributed by atoms with Crippen LogP contribution in [0.25, 0.3) is 6.08 Å². The zero-order valence-corrected chi connectivity index (χ0v) is 16.5. The summed E-state index contributed by atoms with van der Waals surface area (Å²) in [7, 11) is 0. The number of carbonyl (C=O) groups is 3. The number of thiocarbonyl (C=S) groups is 1. The monoisotopic (exact) mass is 429 g/mol. The molecule has 0 radical (unpaired) electrons. The number of carboxylic acid groups (broad SMARTS) is 2. The van der Waals surface area contributed by atoms with Crippen molar-refractivity contribution >= 4 is 57.9 Å². The molecule has 2 aromatic rings. The fourth-order valence-electron chi connectivity index (χ4n) is 2.58. The molecule has 1 aliphatic heterocycles. The van der Waals surface area contributed by atoms with E-state index in [9.17, 15) is 14.4 Å². The Morgan fingerprint density at radius 3 is 2.28 bits per heavy atom. The predicted octanol–water partition coefficient (Wildman–Crippen LogP) is 3.18. The van der Waals surface area contributed by atoms with Crippen LogP contribution in [-0.2, 0) is 20.8 Å². The Morgan fingerprint density at radius 1 is 1.03 bits per heavy atom. The fraction of sp³-hybridized carbons (Fsp3) is 0.100. The summed E-state index contributed by atoms with van der Waals surface area (Å²) in [4.78, 5) is 36.0. The van der Waals surface area contributed by atoms with Gasteiger partial charge in [0, 0.05) is 0 Å². The minimum absolute atomic E-state index is 0.0925. The Kier molecular flexibility index (Phi) is 6.30. The van der Waals surface area contributed by atoms with E-state index < -0.39 is 18.5 Å². The molecule has 1 saturated heterocycles. The van der Waals surface area contributed by atoms with Crippen LogP contribution in [0.5, 0.6) is 5.75 Å². The van der Waals surface area contributed by atoms with Gasteiger partial charge in [-0.15, -0.1) is 0 Å². The minimum atomic E-state index is -1.06. The van der Waals surface area contributed by atoms with E-state index in [0.717, 1.165) is 5.56 Å². The molecule has 0 aliphatic carbocycles. The first-order valence-corrected chi connectivity index (χ1v) is 9.59. The number of nitrogens with zero attached hydrogens (tertiary/aromatic N) is 1. The molecule has 1 fully saturated rings. The standard InChI is InChI=1S/C20H15NO6S2/c22-17(23)10-13-1-5-14(6-2-13)21-19(26)16(29-20(21)28)9-12-3-7-15(8-4-12)27-11-18(24)25/h1-9H,10-11H2,(H,22,23)(H,24,25)/b16-9-. The molecule has 2 aromatic carbocycles. The van der Waals surface area contributed by atoms with Crippen LogP contribution in [0.15, 0.2) is 53.4 Å². The molecular weight excluding hydrogens is 414 g/mol. The lowest BCUT2D eigenvalue weighted by molar-refractivity contribution is -0.139. The molecule has 0 saturated carbocycles. The van der Waals surface area contributed by atoms with E-state index in [4.69, 9.17) is 27.2 Å². The molecule has 0 spiro atoms. The van der Waals surface area contributed by atoms with E-state index in [1.54, 1.807) is 54.6 Å². The van der Waals surface area contributed by atoms with Gasteiger partial charge in [-0.3, -0.25) is 14.5 Å². The van der Waals surface area contributed by atoms with Gasteiger partial charge in [0.2, 0.25) is 0 Å². The van der Waals surface area contributed by atoms with Crippen molar-refractivity contribution in [2.24, 2.45) is 0 Å². The molecule has 0 unspecified atom stereocenters. The van der Waals surface area contributed by atoms with E-state index >= 15 is 0 Å². The van der Waals surface area contributed by atoms with Crippen molar-refractivity contribution in [1.82, 2.24) is 0 Å². The van der Waals surface area contributed by atoms with Crippen molar-refractivity contribution in [3.63, 3.8) is 0 Å². The van der Waals surface area contributed by atoms with Gasteiger partial charge < -0.3 is 14.9 Å². The van der Waals surface area contributed by atoms with Crippen LogP contribution in [0.3, 0.4) is 0 Å². The third kappa shape index (κ3) is 5.21. The summed E-state index contributed by atoms with van der Waals surface area (Å²) < 4.78 is 5.46. The van der Waals surface area contributed by atoms with Crippen molar-refractivity contribution in [2.45, 2.75) is 6.42 Å². The van der Waals surface area contributed by atoms with Crippen LogP contribution in [0.4, 0.5) is 5.69 Å². The highest BCUT2D eigenvalue weighted by molar-refractivity contribution is 8.27. The molecule has 0 bridgehead atoms. The molecule has 0 aromatic heterocycles. The van der Waals surface area contributed by atoms with Gasteiger partial charge in [0.1, 0.15) is 5.75 Å². The Hall–Kier alpha value is -3.17. The molecule has 7 nitrogen and oxygen atoms in total. The lowest BCUT2D eigenvalue weighted by atomic mass is 10.1. The average molecular weight is 429 g/mol. The first kappa shape index (κ1) is 20.6. The summed E-state index contributed by atoms with van der Waals surface area (Å²) >= 11 is 6.50. The number of hydrogen-bond donors (Lipinski definition) is 2. The zero-order valence-electron chi connectivity index (χ0n) is 14.9. The lowest BCUT2D eigenvalue weighted by Crippen LogP contribution is -2.27. The van der Waals surface area contributed by atoms with Crippen LogP contribution in [0.2, 0.25) is 0 Å². The number of carboxylic acids is 2. The fourth-order valence-corrected chi connectivity index (χ4v) is 3.88. The Morgan fingerprint density at radius 2 is 1.69 bits per heavy atom. The smallest absolute Gasteiger partial charge is 0.341 e. The molecule has 1 aliphatic rings. The van der Waals surface area contributed by atoms with Crippen molar-refractivity contribution < 1.29 is 29.3 Å². The van der Waals surface area contributed by atoms with Crippen molar-refractivity contribution in [3.8, 4) is 5.75 Å². The van der Waals surface area contributed by atoms with Crippen molar-refractivity contribution in [1.29, 1.82) is 0 Å². The molecule has 1 heterocycles. The molecule has 148 valence electrons. The Labute approximate surface area is 175 Å². The topological polar surface area (TPSA) is 104 Å². The zero-order chi connectivity index (χ0) is 21.0. The number of hydrogen-bond acceptors (Lipinski definition) is 6. The van der Waals surface area contributed by atoms with Crippen molar-refractivity contribution in [3.05, 3.63) is 64.6 Å². The largest absolute Gasteiger partial charge is 0.482 e. The Balaban J connectivity index is 1.74. The molecule has 0 atom stereocenters. The van der Waals surface area contributed by atoms with Gasteiger partial charge in [0.15, 0.2) is 10.9 Å². The third-order valence-electron chi connectivity index (χ3n) is 3.88. The second-order valence-corrected chi connectivity index (χ2v) is 7.68.